The molecule has 0 spiro atoms. The Balaban J connectivity index is 3.51. The zero-order chi connectivity index (χ0) is 19.2. The van der Waals surface area contributed by atoms with Crippen molar-refractivity contribution < 1.29 is 16.5 Å². The third-order valence-corrected chi connectivity index (χ3v) is 26.8. The third-order valence-electron chi connectivity index (χ3n) is 5.65. The van der Waals surface area contributed by atoms with Crippen LogP contribution in [0.4, 0.5) is 0 Å². The van der Waals surface area contributed by atoms with Crippen LogP contribution in [0.25, 0.3) is 0 Å². The van der Waals surface area contributed by atoms with Gasteiger partial charge in [0, 0.05) is 10.1 Å². The van der Waals surface area contributed by atoms with Crippen LogP contribution in [0.5, 0.6) is 0 Å². The van der Waals surface area contributed by atoms with Gasteiger partial charge in [0.2, 0.25) is 0 Å². The first-order valence-corrected chi connectivity index (χ1v) is 18.9. The quantitative estimate of drug-likeness (QED) is 0.525. The van der Waals surface area contributed by atoms with E-state index < -0.39 is 34.2 Å². The molecule has 4 atom stereocenters. The molecule has 1 aliphatic rings. The van der Waals surface area contributed by atoms with Crippen molar-refractivity contribution in [2.45, 2.75) is 104 Å². The van der Waals surface area contributed by atoms with E-state index in [0.29, 0.717) is 0 Å². The monoisotopic (exact) mass is 408 g/mol. The zero-order valence-electron chi connectivity index (χ0n) is 18.0. The first-order valence-electron chi connectivity index (χ1n) is 9.25. The highest BCUT2D eigenvalue weighted by Gasteiger charge is 2.62. The first kappa shape index (κ1) is 22.7. The van der Waals surface area contributed by atoms with Crippen LogP contribution < -0.4 is 0 Å². The molecule has 144 valence electrons. The molecule has 0 aliphatic carbocycles. The minimum absolute atomic E-state index is 0.0375. The third kappa shape index (κ3) is 4.51. The number of hydrogen-bond acceptors (Lipinski definition) is 4. The lowest BCUT2D eigenvalue weighted by molar-refractivity contribution is 0.196. The van der Waals surface area contributed by atoms with Gasteiger partial charge in [-0.15, -0.1) is 0 Å². The maximum atomic E-state index is 7.01. The molecule has 0 radical (unpaired) electrons. The van der Waals surface area contributed by atoms with E-state index in [1.165, 1.54) is 0 Å². The van der Waals surface area contributed by atoms with Gasteiger partial charge in [0.25, 0.3) is 0 Å². The summed E-state index contributed by atoms with van der Waals surface area (Å²) >= 11 is 0. The molecule has 0 saturated carbocycles. The van der Waals surface area contributed by atoms with Crippen LogP contribution in [0.3, 0.4) is 0 Å². The Morgan fingerprint density at radius 3 is 1.04 bits per heavy atom. The molecule has 1 aliphatic heterocycles. The lowest BCUT2D eigenvalue weighted by Gasteiger charge is -2.56. The van der Waals surface area contributed by atoms with Crippen molar-refractivity contribution in [2.24, 2.45) is 0 Å². The van der Waals surface area contributed by atoms with Gasteiger partial charge in [-0.2, -0.15) is 0 Å². The summed E-state index contributed by atoms with van der Waals surface area (Å²) in [6, 6.07) is 1.85. The molecule has 0 aromatic carbocycles. The summed E-state index contributed by atoms with van der Waals surface area (Å²) in [5.74, 6) is 0. The van der Waals surface area contributed by atoms with E-state index in [9.17, 15) is 0 Å². The molecule has 1 fully saturated rings. The van der Waals surface area contributed by atoms with Crippen LogP contribution >= 0.6 is 0 Å². The summed E-state index contributed by atoms with van der Waals surface area (Å²) in [4.78, 5) is 0. The minimum atomic E-state index is -2.50. The van der Waals surface area contributed by atoms with Crippen LogP contribution in [-0.2, 0) is 16.5 Å². The van der Waals surface area contributed by atoms with E-state index >= 15 is 0 Å². The van der Waals surface area contributed by atoms with Gasteiger partial charge >= 0.3 is 34.2 Å². The molecule has 24 heavy (non-hydrogen) atoms. The van der Waals surface area contributed by atoms with Gasteiger partial charge in [0.15, 0.2) is 0 Å². The summed E-state index contributed by atoms with van der Waals surface area (Å²) in [5.41, 5.74) is 0. The van der Waals surface area contributed by atoms with E-state index in [-0.39, 0.29) is 10.1 Å². The predicted molar refractivity (Wildman–Crippen MR) is 111 cm³/mol. The van der Waals surface area contributed by atoms with Crippen molar-refractivity contribution in [2.75, 3.05) is 0 Å². The van der Waals surface area contributed by atoms with E-state index in [4.69, 9.17) is 16.5 Å². The van der Waals surface area contributed by atoms with Crippen molar-refractivity contribution in [3.63, 3.8) is 0 Å². The molecule has 4 nitrogen and oxygen atoms in total. The minimum Gasteiger partial charge on any atom is -0.416 e. The smallest absolute Gasteiger partial charge is 0.322 e. The molecule has 8 heteroatoms. The van der Waals surface area contributed by atoms with Crippen molar-refractivity contribution in [3.05, 3.63) is 0 Å². The van der Waals surface area contributed by atoms with Gasteiger partial charge in [-0.25, -0.2) is 0 Å². The molecular formula is C16H40O4Si4. The number of hydrogen-bond donors (Lipinski definition) is 0. The van der Waals surface area contributed by atoms with Crippen LogP contribution in [0, 0.1) is 0 Å². The second kappa shape index (κ2) is 6.70. The Morgan fingerprint density at radius 2 is 0.833 bits per heavy atom. The highest BCUT2D eigenvalue weighted by atomic mass is 28.5. The van der Waals surface area contributed by atoms with Gasteiger partial charge in [0.05, 0.1) is 0 Å². The standard InChI is InChI=1S/C16H40O4Si4/c1-13-21(9)17-22(10,14-2)19-24(12,16(6,7)8)20-23(11,18-21)15(3,4)5/h13-14H2,1-12H3. The van der Waals surface area contributed by atoms with Crippen molar-refractivity contribution in [1.82, 2.24) is 0 Å². The second-order valence-electron chi connectivity index (χ2n) is 9.77. The Kier molecular flexibility index (Phi) is 6.35. The van der Waals surface area contributed by atoms with Gasteiger partial charge < -0.3 is 16.5 Å². The molecule has 4 unspecified atom stereocenters. The maximum absolute atomic E-state index is 7.01. The Labute approximate surface area is 154 Å². The van der Waals surface area contributed by atoms with Crippen molar-refractivity contribution in [1.29, 1.82) is 0 Å². The predicted octanol–water partition coefficient (Wildman–Crippen LogP) is 5.99. The molecule has 0 amide bonds. The first-order chi connectivity index (χ1) is 10.4. The maximum Gasteiger partial charge on any atom is 0.322 e. The van der Waals surface area contributed by atoms with Gasteiger partial charge in [-0.05, 0) is 38.3 Å². The summed E-state index contributed by atoms with van der Waals surface area (Å²) in [5, 5.41) is -0.0751. The highest BCUT2D eigenvalue weighted by molar-refractivity contribution is 6.95. The van der Waals surface area contributed by atoms with Crippen LogP contribution in [0.15, 0.2) is 0 Å². The normalized spacial score (nSPS) is 42.5. The van der Waals surface area contributed by atoms with Crippen molar-refractivity contribution in [3.8, 4) is 0 Å². The SMILES string of the molecule is CC[Si]1(C)O[Si](C)(CC)O[Si](C)(C(C)(C)C)O[Si](C)(C(C)(C)C)O1. The molecule has 0 bridgehead atoms. The summed E-state index contributed by atoms with van der Waals surface area (Å²) in [6.45, 7) is 26.6. The molecule has 0 aromatic heterocycles. The fourth-order valence-corrected chi connectivity index (χ4v) is 25.2. The Hall–Kier alpha value is 0.708. The number of rotatable bonds is 2. The van der Waals surface area contributed by atoms with Gasteiger partial charge in [-0.3, -0.25) is 0 Å². The second-order valence-corrected chi connectivity index (χ2v) is 25.8. The molecular weight excluding hydrogens is 369 g/mol. The molecule has 1 rings (SSSR count). The fourth-order valence-electron chi connectivity index (χ4n) is 2.64. The summed E-state index contributed by atoms with van der Waals surface area (Å²) < 4.78 is 27.6. The Bertz CT molecular complexity index is 424. The van der Waals surface area contributed by atoms with Crippen molar-refractivity contribution >= 4 is 34.2 Å². The van der Waals surface area contributed by atoms with E-state index in [0.717, 1.165) is 12.1 Å². The van der Waals surface area contributed by atoms with Crippen LogP contribution in [-0.4, -0.2) is 34.2 Å². The molecule has 1 saturated heterocycles. The molecule has 0 N–H and O–H groups in total. The van der Waals surface area contributed by atoms with Gasteiger partial charge in [0.1, 0.15) is 0 Å². The summed E-state index contributed by atoms with van der Waals surface area (Å²) in [7, 11) is -9.65. The highest BCUT2D eigenvalue weighted by Crippen LogP contribution is 2.50. The lowest BCUT2D eigenvalue weighted by atomic mass is 10.3. The lowest BCUT2D eigenvalue weighted by Crippen LogP contribution is -2.71. The Morgan fingerprint density at radius 1 is 0.542 bits per heavy atom. The average molecular weight is 409 g/mol. The van der Waals surface area contributed by atoms with Gasteiger partial charge in [-0.1, -0.05) is 55.4 Å². The van der Waals surface area contributed by atoms with E-state index in [1.807, 2.05) is 0 Å². The van der Waals surface area contributed by atoms with Crippen LogP contribution in [0.2, 0.25) is 48.4 Å². The topological polar surface area (TPSA) is 36.9 Å². The largest absolute Gasteiger partial charge is 0.416 e. The van der Waals surface area contributed by atoms with Crippen LogP contribution in [0.1, 0.15) is 55.4 Å². The average Bonchev–Trinajstić information content (AvgIpc) is 2.34. The molecule has 1 heterocycles. The van der Waals surface area contributed by atoms with E-state index in [1.54, 1.807) is 0 Å². The fraction of sp³-hybridized carbons (Fsp3) is 1.00. The van der Waals surface area contributed by atoms with E-state index in [2.05, 4.69) is 81.6 Å². The summed E-state index contributed by atoms with van der Waals surface area (Å²) in [6.07, 6.45) is 0. The molecule has 0 aromatic rings. The zero-order valence-corrected chi connectivity index (χ0v) is 22.0.